The van der Waals surface area contributed by atoms with Crippen molar-refractivity contribution in [2.24, 2.45) is 0 Å². The molecule has 0 aromatic rings. The van der Waals surface area contributed by atoms with Crippen molar-refractivity contribution in [1.29, 1.82) is 0 Å². The zero-order valence-electron chi connectivity index (χ0n) is 6.71. The molecule has 0 bridgehead atoms. The predicted molar refractivity (Wildman–Crippen MR) is 21.8 cm³/mol. The van der Waals surface area contributed by atoms with E-state index in [9.17, 15) is 0 Å². The normalized spacial score (nSPS) is 0. The number of rotatable bonds is 0. The Labute approximate surface area is 145 Å². The molecule has 0 spiro atoms. The van der Waals surface area contributed by atoms with Crippen LogP contribution in [0, 0.1) is 0 Å². The summed E-state index contributed by atoms with van der Waals surface area (Å²) in [5, 5.41) is 0. The molecule has 0 aromatic carbocycles. The average molecular weight is 311 g/mol. The van der Waals surface area contributed by atoms with Crippen LogP contribution in [0.1, 0.15) is 4.28 Å². The Morgan fingerprint density at radius 3 is 1.20 bits per heavy atom. The van der Waals surface area contributed by atoms with Gasteiger partial charge in [-0.2, -0.15) is 0 Å². The molecule has 0 saturated carbocycles. The Bertz CT molecular complexity index is 19.2. The molecule has 5 heteroatoms. The first-order valence-electron chi connectivity index (χ1n) is 0. The average Bonchev–Trinajstić information content (AvgIpc) is 0. The Kier molecular flexibility index (Phi) is 155. The van der Waals surface area contributed by atoms with Gasteiger partial charge in [0.2, 0.25) is 0 Å². The molecular weight excluding hydrogens is 303 g/mol. The van der Waals surface area contributed by atoms with Crippen LogP contribution in [0.15, 0.2) is 0 Å². The summed E-state index contributed by atoms with van der Waals surface area (Å²) in [6.45, 7) is 0. The van der Waals surface area contributed by atoms with Crippen LogP contribution in [0.5, 0.6) is 0 Å². The van der Waals surface area contributed by atoms with E-state index in [0.717, 1.165) is 0 Å². The number of hydrogen-bond donors (Lipinski definition) is 0. The Hall–Kier alpha value is 4.69. The number of hydrogen-bond acceptors (Lipinski definition) is 0. The van der Waals surface area contributed by atoms with Gasteiger partial charge in [0.25, 0.3) is 0 Å². The van der Waals surface area contributed by atoms with E-state index < -0.39 is 0 Å². The SMILES string of the molecule is [AlH3].[H-].[H-].[H-].[K+].[Li+].[Na+].[PbH2]. The third-order valence-corrected chi connectivity index (χ3v) is 0. The van der Waals surface area contributed by atoms with Crippen LogP contribution in [-0.2, 0) is 0 Å². The van der Waals surface area contributed by atoms with E-state index in [1.54, 1.807) is 0 Å². The van der Waals surface area contributed by atoms with E-state index >= 15 is 0 Å². The summed E-state index contributed by atoms with van der Waals surface area (Å²) < 4.78 is 0. The van der Waals surface area contributed by atoms with Crippen molar-refractivity contribution in [3.8, 4) is 0 Å². The van der Waals surface area contributed by atoms with E-state index in [-0.39, 0.29) is 149 Å². The van der Waals surface area contributed by atoms with Gasteiger partial charge in [0.1, 0.15) is 0 Å². The van der Waals surface area contributed by atoms with Crippen LogP contribution in [0.2, 0.25) is 0 Å². The Morgan fingerprint density at radius 1 is 1.20 bits per heavy atom. The third kappa shape index (κ3) is 17.7. The Balaban J connectivity index is 0. The summed E-state index contributed by atoms with van der Waals surface area (Å²) in [6.07, 6.45) is 0. The van der Waals surface area contributed by atoms with Crippen LogP contribution < -0.4 is 99.8 Å². The molecule has 18 valence electrons. The van der Waals surface area contributed by atoms with Gasteiger partial charge in [0, 0.05) is 0 Å². The van der Waals surface area contributed by atoms with Gasteiger partial charge in [-0.25, -0.2) is 0 Å². The van der Waals surface area contributed by atoms with Crippen LogP contribution in [-0.4, -0.2) is 44.7 Å². The monoisotopic (exact) mass is 312 g/mol. The van der Waals surface area contributed by atoms with Crippen LogP contribution in [0.3, 0.4) is 0 Å². The van der Waals surface area contributed by atoms with E-state index in [4.69, 9.17) is 0 Å². The summed E-state index contributed by atoms with van der Waals surface area (Å²) in [4.78, 5) is 0. The van der Waals surface area contributed by atoms with Crippen molar-refractivity contribution in [2.75, 3.05) is 0 Å². The fourth-order valence-corrected chi connectivity index (χ4v) is 0. The van der Waals surface area contributed by atoms with Gasteiger partial charge < -0.3 is 4.28 Å². The summed E-state index contributed by atoms with van der Waals surface area (Å²) in [5.74, 6) is 0. The van der Waals surface area contributed by atoms with E-state index in [1.165, 1.54) is 0 Å². The topological polar surface area (TPSA) is 0 Å². The molecule has 0 amide bonds. The molecule has 0 saturated heterocycles. The molecule has 0 rings (SSSR count). The van der Waals surface area contributed by atoms with E-state index in [2.05, 4.69) is 0 Å². The van der Waals surface area contributed by atoms with Gasteiger partial charge in [0.15, 0.2) is 17.4 Å². The first-order chi connectivity index (χ1) is 0. The molecule has 0 unspecified atom stereocenters. The molecule has 0 fully saturated rings. The quantitative estimate of drug-likeness (QED) is 0.390. The summed E-state index contributed by atoms with van der Waals surface area (Å²) in [7, 11) is 0. The first-order valence-corrected chi connectivity index (χ1v) is 0. The second-order valence-corrected chi connectivity index (χ2v) is 0. The summed E-state index contributed by atoms with van der Waals surface area (Å²) in [5.41, 5.74) is 0. The minimum atomic E-state index is 0. The molecular formula is H8AlKLiNaPb. The zero-order valence-corrected chi connectivity index (χ0v) is 14.3. The van der Waals surface area contributed by atoms with Gasteiger partial charge in [-0.05, 0) is 0 Å². The van der Waals surface area contributed by atoms with Crippen LogP contribution in [0.25, 0.3) is 0 Å². The fraction of sp³-hybridized carbons (Fsp3) is 0. The molecule has 0 atom stereocenters. The zero-order chi connectivity index (χ0) is 0. The predicted octanol–water partition coefficient (Wildman–Crippen LogP) is -10.8. The maximum absolute atomic E-state index is 0. The van der Waals surface area contributed by atoms with E-state index in [1.807, 2.05) is 0 Å². The summed E-state index contributed by atoms with van der Waals surface area (Å²) in [6, 6.07) is 0. The second-order valence-electron chi connectivity index (χ2n) is 0. The van der Waals surface area contributed by atoms with Crippen molar-refractivity contribution < 1.29 is 104 Å². The van der Waals surface area contributed by atoms with Crippen molar-refractivity contribution >= 4 is 44.7 Å². The molecule has 2 radical (unpaired) electrons. The van der Waals surface area contributed by atoms with Crippen LogP contribution in [0.4, 0.5) is 0 Å². The first kappa shape index (κ1) is 33.3. The van der Waals surface area contributed by atoms with Gasteiger partial charge in [-0.1, -0.05) is 0 Å². The molecule has 0 aromatic heterocycles. The molecule has 0 heterocycles. The van der Waals surface area contributed by atoms with Crippen molar-refractivity contribution in [2.45, 2.75) is 0 Å². The minimum absolute atomic E-state index is 0. The molecule has 5 heavy (non-hydrogen) atoms. The Morgan fingerprint density at radius 2 is 1.20 bits per heavy atom. The van der Waals surface area contributed by atoms with Crippen molar-refractivity contribution in [3.63, 3.8) is 0 Å². The standard InChI is InChI=1S/Al.K.Li.Na.Pb.8H/q;3*+1;;;;;;;3*-1. The van der Waals surface area contributed by atoms with Crippen molar-refractivity contribution in [1.82, 2.24) is 0 Å². The molecule has 0 aliphatic rings. The molecule has 0 aliphatic heterocycles. The van der Waals surface area contributed by atoms with Gasteiger partial charge in [0.05, 0.1) is 0 Å². The molecule has 0 N–H and O–H groups in total. The maximum atomic E-state index is 0. The van der Waals surface area contributed by atoms with Gasteiger partial charge in [-0.3, -0.25) is 0 Å². The van der Waals surface area contributed by atoms with Crippen LogP contribution >= 0.6 is 0 Å². The molecule has 0 aliphatic carbocycles. The van der Waals surface area contributed by atoms with Gasteiger partial charge in [-0.15, -0.1) is 0 Å². The van der Waals surface area contributed by atoms with Gasteiger partial charge >= 0.3 is 127 Å². The van der Waals surface area contributed by atoms with E-state index in [0.29, 0.717) is 0 Å². The molecule has 0 nitrogen and oxygen atoms in total. The second kappa shape index (κ2) is 23.4. The summed E-state index contributed by atoms with van der Waals surface area (Å²) >= 11 is 0. The van der Waals surface area contributed by atoms with Crippen molar-refractivity contribution in [3.05, 3.63) is 0 Å². The third-order valence-electron chi connectivity index (χ3n) is 0. The fourth-order valence-electron chi connectivity index (χ4n) is 0.